The molecule has 2 unspecified atom stereocenters. The van der Waals surface area contributed by atoms with E-state index in [0.29, 0.717) is 0 Å². The first-order chi connectivity index (χ1) is 7.74. The van der Waals surface area contributed by atoms with Crippen LogP contribution < -0.4 is 0 Å². The van der Waals surface area contributed by atoms with Crippen molar-refractivity contribution in [1.29, 1.82) is 0 Å². The van der Waals surface area contributed by atoms with Crippen LogP contribution in [0.2, 0.25) is 0 Å². The second-order valence-electron chi connectivity index (χ2n) is 4.65. The number of hydrogen-bond donors (Lipinski definition) is 0. The molecule has 0 heterocycles. The molecule has 0 amide bonds. The van der Waals surface area contributed by atoms with Crippen molar-refractivity contribution < 1.29 is 0 Å². The molecular weight excluding hydrogens is 192 g/mol. The number of hydrogen-bond acceptors (Lipinski definition) is 0. The molecule has 1 aromatic carbocycles. The van der Waals surface area contributed by atoms with E-state index in [9.17, 15) is 0 Å². The second kappa shape index (κ2) is 6.08. The molecule has 0 aromatic heterocycles. The van der Waals surface area contributed by atoms with Crippen LogP contribution in [0.4, 0.5) is 0 Å². The molecular formula is C16H26. The molecule has 0 saturated heterocycles. The van der Waals surface area contributed by atoms with E-state index >= 15 is 0 Å². The molecule has 0 heteroatoms. The smallest absolute Gasteiger partial charge is 0.0185 e. The maximum Gasteiger partial charge on any atom is -0.0185 e. The van der Waals surface area contributed by atoms with Gasteiger partial charge >= 0.3 is 0 Å². The Morgan fingerprint density at radius 2 is 1.69 bits per heavy atom. The van der Waals surface area contributed by atoms with Crippen LogP contribution in [0.5, 0.6) is 0 Å². The Kier molecular flexibility index (Phi) is 5.05. The van der Waals surface area contributed by atoms with E-state index in [4.69, 9.17) is 0 Å². The summed E-state index contributed by atoms with van der Waals surface area (Å²) < 4.78 is 0. The third kappa shape index (κ3) is 2.48. The van der Waals surface area contributed by atoms with Crippen LogP contribution >= 0.6 is 0 Å². The molecule has 0 bridgehead atoms. The van der Waals surface area contributed by atoms with Crippen molar-refractivity contribution in [2.24, 2.45) is 0 Å². The third-order valence-corrected chi connectivity index (χ3v) is 3.67. The van der Waals surface area contributed by atoms with Crippen molar-refractivity contribution in [1.82, 2.24) is 0 Å². The third-order valence-electron chi connectivity index (χ3n) is 3.67. The lowest BCUT2D eigenvalue weighted by Gasteiger charge is -2.29. The fourth-order valence-electron chi connectivity index (χ4n) is 2.77. The van der Waals surface area contributed by atoms with Gasteiger partial charge in [-0.05, 0) is 47.8 Å². The summed E-state index contributed by atoms with van der Waals surface area (Å²) in [6.45, 7) is 11.0. The van der Waals surface area contributed by atoms with Gasteiger partial charge in [-0.2, -0.15) is 0 Å². The molecule has 16 heavy (non-hydrogen) atoms. The van der Waals surface area contributed by atoms with Gasteiger partial charge in [0.25, 0.3) is 0 Å². The zero-order valence-electron chi connectivity index (χ0n) is 11.5. The summed E-state index contributed by atoms with van der Waals surface area (Å²) in [5.74, 6) is 1.55. The Morgan fingerprint density at radius 3 is 2.31 bits per heavy atom. The maximum atomic E-state index is 2.38. The molecule has 0 saturated carbocycles. The van der Waals surface area contributed by atoms with Crippen molar-refractivity contribution in [3.63, 3.8) is 0 Å². The summed E-state index contributed by atoms with van der Waals surface area (Å²) in [4.78, 5) is 0. The largest absolute Gasteiger partial charge is 0.0683 e. The Balaban J connectivity index is 0.000000606. The normalized spacial score (nSPS) is 23.1. The van der Waals surface area contributed by atoms with Gasteiger partial charge < -0.3 is 0 Å². The SMILES string of the molecule is CC.CCc1cccc2c1C(C)CCC2C. The van der Waals surface area contributed by atoms with Gasteiger partial charge in [0.05, 0.1) is 0 Å². The zero-order valence-corrected chi connectivity index (χ0v) is 11.5. The van der Waals surface area contributed by atoms with Gasteiger partial charge in [0, 0.05) is 0 Å². The first-order valence-electron chi connectivity index (χ1n) is 6.85. The molecule has 0 nitrogen and oxygen atoms in total. The standard InChI is InChI=1S/C14H20.C2H6/c1-4-12-6-5-7-13-10(2)8-9-11(3)14(12)13;1-2/h5-7,10-11H,4,8-9H2,1-3H3;1-2H3. The highest BCUT2D eigenvalue weighted by atomic mass is 14.3. The number of fused-ring (bicyclic) bond motifs is 1. The van der Waals surface area contributed by atoms with Gasteiger partial charge in [-0.25, -0.2) is 0 Å². The number of aryl methyl sites for hydroxylation is 1. The minimum Gasteiger partial charge on any atom is -0.0683 e. The van der Waals surface area contributed by atoms with Crippen LogP contribution in [0.1, 0.15) is 76.0 Å². The van der Waals surface area contributed by atoms with Crippen molar-refractivity contribution in [2.75, 3.05) is 0 Å². The molecule has 1 aliphatic carbocycles. The minimum atomic E-state index is 0.771. The molecule has 90 valence electrons. The Morgan fingerprint density at radius 1 is 1.06 bits per heavy atom. The highest BCUT2D eigenvalue weighted by molar-refractivity contribution is 5.41. The van der Waals surface area contributed by atoms with Crippen LogP contribution in [0, 0.1) is 0 Å². The van der Waals surface area contributed by atoms with Crippen LogP contribution in [0.15, 0.2) is 18.2 Å². The molecule has 1 aromatic rings. The molecule has 0 spiro atoms. The van der Waals surface area contributed by atoms with Crippen molar-refractivity contribution >= 4 is 0 Å². The Bertz CT molecular complexity index is 325. The van der Waals surface area contributed by atoms with E-state index in [1.165, 1.54) is 19.3 Å². The summed E-state index contributed by atoms with van der Waals surface area (Å²) in [6.07, 6.45) is 3.91. The summed E-state index contributed by atoms with van der Waals surface area (Å²) in [5, 5.41) is 0. The minimum absolute atomic E-state index is 0.771. The van der Waals surface area contributed by atoms with E-state index in [1.807, 2.05) is 13.8 Å². The zero-order chi connectivity index (χ0) is 12.1. The lowest BCUT2D eigenvalue weighted by Crippen LogP contribution is -2.12. The van der Waals surface area contributed by atoms with E-state index < -0.39 is 0 Å². The average molecular weight is 218 g/mol. The Hall–Kier alpha value is -0.780. The fourth-order valence-corrected chi connectivity index (χ4v) is 2.77. The first-order valence-corrected chi connectivity index (χ1v) is 6.85. The molecule has 0 N–H and O–H groups in total. The second-order valence-corrected chi connectivity index (χ2v) is 4.65. The predicted molar refractivity (Wildman–Crippen MR) is 73.2 cm³/mol. The topological polar surface area (TPSA) is 0 Å². The molecule has 1 aliphatic rings. The number of rotatable bonds is 1. The van der Waals surface area contributed by atoms with E-state index in [0.717, 1.165) is 11.8 Å². The first kappa shape index (κ1) is 13.3. The van der Waals surface area contributed by atoms with E-state index in [-0.39, 0.29) is 0 Å². The van der Waals surface area contributed by atoms with Crippen molar-refractivity contribution in [3.8, 4) is 0 Å². The highest BCUT2D eigenvalue weighted by Crippen LogP contribution is 2.39. The lowest BCUT2D eigenvalue weighted by molar-refractivity contribution is 0.523. The van der Waals surface area contributed by atoms with Crippen LogP contribution in [-0.2, 0) is 6.42 Å². The summed E-state index contributed by atoms with van der Waals surface area (Å²) in [7, 11) is 0. The Labute approximate surface area is 101 Å². The molecule has 0 radical (unpaired) electrons. The lowest BCUT2D eigenvalue weighted by atomic mass is 9.76. The van der Waals surface area contributed by atoms with Crippen LogP contribution in [-0.4, -0.2) is 0 Å². The van der Waals surface area contributed by atoms with Crippen molar-refractivity contribution in [3.05, 3.63) is 34.9 Å². The highest BCUT2D eigenvalue weighted by Gasteiger charge is 2.23. The van der Waals surface area contributed by atoms with Gasteiger partial charge in [0.1, 0.15) is 0 Å². The number of benzene rings is 1. The van der Waals surface area contributed by atoms with Gasteiger partial charge in [0.2, 0.25) is 0 Å². The van der Waals surface area contributed by atoms with Gasteiger partial charge in [-0.1, -0.05) is 52.8 Å². The predicted octanol–water partition coefficient (Wildman–Crippen LogP) is 5.28. The monoisotopic (exact) mass is 218 g/mol. The van der Waals surface area contributed by atoms with Crippen LogP contribution in [0.25, 0.3) is 0 Å². The molecule has 2 atom stereocenters. The fraction of sp³-hybridized carbons (Fsp3) is 0.625. The molecule has 0 aliphatic heterocycles. The summed E-state index contributed by atoms with van der Waals surface area (Å²) >= 11 is 0. The van der Waals surface area contributed by atoms with Crippen LogP contribution in [0.3, 0.4) is 0 Å². The van der Waals surface area contributed by atoms with E-state index in [1.54, 1.807) is 16.7 Å². The molecule has 2 rings (SSSR count). The average Bonchev–Trinajstić information content (AvgIpc) is 2.36. The quantitative estimate of drug-likeness (QED) is 0.602. The van der Waals surface area contributed by atoms with Gasteiger partial charge in [-0.3, -0.25) is 0 Å². The molecule has 0 fully saturated rings. The maximum absolute atomic E-state index is 2.38. The van der Waals surface area contributed by atoms with Crippen molar-refractivity contribution in [2.45, 2.75) is 65.7 Å². The summed E-state index contributed by atoms with van der Waals surface area (Å²) in [5.41, 5.74) is 4.85. The van der Waals surface area contributed by atoms with E-state index in [2.05, 4.69) is 39.0 Å². The summed E-state index contributed by atoms with van der Waals surface area (Å²) in [6, 6.07) is 6.86. The van der Waals surface area contributed by atoms with Gasteiger partial charge in [-0.15, -0.1) is 0 Å². The van der Waals surface area contributed by atoms with Gasteiger partial charge in [0.15, 0.2) is 0 Å².